The van der Waals surface area contributed by atoms with Crippen LogP contribution < -0.4 is 15.0 Å². The zero-order valence-corrected chi connectivity index (χ0v) is 13.1. The normalized spacial score (nSPS) is 10.4. The third-order valence-electron chi connectivity index (χ3n) is 3.55. The van der Waals surface area contributed by atoms with E-state index in [4.69, 9.17) is 4.74 Å². The Bertz CT molecular complexity index is 551. The summed E-state index contributed by atoms with van der Waals surface area (Å²) in [5.41, 5.74) is 3.69. The lowest BCUT2D eigenvalue weighted by Crippen LogP contribution is -2.18. The minimum atomic E-state index is 0.880. The van der Waals surface area contributed by atoms with Crippen LogP contribution in [-0.2, 0) is 6.54 Å². The Labute approximate surface area is 127 Å². The van der Waals surface area contributed by atoms with Crippen molar-refractivity contribution >= 4 is 11.4 Å². The average Bonchev–Trinajstić information content (AvgIpc) is 2.55. The van der Waals surface area contributed by atoms with Gasteiger partial charge >= 0.3 is 0 Å². The third-order valence-corrected chi connectivity index (χ3v) is 3.55. The summed E-state index contributed by atoms with van der Waals surface area (Å²) in [5, 5.41) is 3.47. The summed E-state index contributed by atoms with van der Waals surface area (Å²) in [6, 6.07) is 16.6. The van der Waals surface area contributed by atoms with Crippen molar-refractivity contribution in [3.05, 3.63) is 54.1 Å². The zero-order valence-electron chi connectivity index (χ0n) is 13.1. The first-order valence-corrected chi connectivity index (χ1v) is 7.42. The maximum absolute atomic E-state index is 5.22. The van der Waals surface area contributed by atoms with Gasteiger partial charge in [0.15, 0.2) is 0 Å². The Morgan fingerprint density at radius 1 is 1.05 bits per heavy atom. The highest BCUT2D eigenvalue weighted by atomic mass is 16.5. The summed E-state index contributed by atoms with van der Waals surface area (Å²) in [4.78, 5) is 2.21. The van der Waals surface area contributed by atoms with Gasteiger partial charge in [0.2, 0.25) is 0 Å². The topological polar surface area (TPSA) is 24.5 Å². The lowest BCUT2D eigenvalue weighted by Gasteiger charge is -2.23. The molecule has 1 N–H and O–H groups in total. The molecule has 112 valence electrons. The van der Waals surface area contributed by atoms with Crippen LogP contribution in [0.4, 0.5) is 11.4 Å². The quantitative estimate of drug-likeness (QED) is 0.779. The van der Waals surface area contributed by atoms with E-state index in [2.05, 4.69) is 60.6 Å². The lowest BCUT2D eigenvalue weighted by molar-refractivity contribution is 0.415. The molecule has 0 saturated carbocycles. The first-order valence-electron chi connectivity index (χ1n) is 7.42. The molecule has 2 aromatic carbocycles. The predicted octanol–water partition coefficient (Wildman–Crippen LogP) is 3.96. The van der Waals surface area contributed by atoms with E-state index in [1.165, 1.54) is 11.3 Å². The number of benzene rings is 2. The Morgan fingerprint density at radius 3 is 2.43 bits per heavy atom. The van der Waals surface area contributed by atoms with Gasteiger partial charge in [0.05, 0.1) is 7.11 Å². The molecular weight excluding hydrogens is 260 g/mol. The van der Waals surface area contributed by atoms with E-state index >= 15 is 0 Å². The minimum Gasteiger partial charge on any atom is -0.497 e. The Hall–Kier alpha value is -2.00. The average molecular weight is 284 g/mol. The molecule has 2 rings (SSSR count). The number of hydrogen-bond acceptors (Lipinski definition) is 3. The second-order valence-electron chi connectivity index (χ2n) is 5.06. The Kier molecular flexibility index (Phi) is 5.64. The molecule has 0 radical (unpaired) electrons. The van der Waals surface area contributed by atoms with Gasteiger partial charge in [0, 0.05) is 25.0 Å². The highest BCUT2D eigenvalue weighted by Gasteiger charge is 2.08. The molecule has 0 aliphatic heterocycles. The van der Waals surface area contributed by atoms with Gasteiger partial charge in [-0.2, -0.15) is 0 Å². The summed E-state index contributed by atoms with van der Waals surface area (Å²) in [5.74, 6) is 0.880. The predicted molar refractivity (Wildman–Crippen MR) is 89.5 cm³/mol. The van der Waals surface area contributed by atoms with E-state index in [1.807, 2.05) is 12.1 Å². The van der Waals surface area contributed by atoms with Crippen LogP contribution in [-0.4, -0.2) is 20.7 Å². The third kappa shape index (κ3) is 3.99. The van der Waals surface area contributed by atoms with Crippen molar-refractivity contribution in [1.82, 2.24) is 5.32 Å². The fourth-order valence-electron chi connectivity index (χ4n) is 2.33. The molecule has 0 atom stereocenters. The van der Waals surface area contributed by atoms with Gasteiger partial charge in [-0.3, -0.25) is 0 Å². The molecule has 0 fully saturated rings. The second-order valence-corrected chi connectivity index (χ2v) is 5.06. The van der Waals surface area contributed by atoms with Crippen molar-refractivity contribution in [1.29, 1.82) is 0 Å². The zero-order chi connectivity index (χ0) is 15.1. The number of methoxy groups -OCH3 is 1. The number of nitrogens with zero attached hydrogens (tertiary/aromatic N) is 1. The Balaban J connectivity index is 2.19. The number of para-hydroxylation sites is 1. The maximum Gasteiger partial charge on any atom is 0.119 e. The van der Waals surface area contributed by atoms with Gasteiger partial charge in [-0.15, -0.1) is 0 Å². The molecule has 0 aliphatic carbocycles. The van der Waals surface area contributed by atoms with Gasteiger partial charge in [0.1, 0.15) is 5.75 Å². The standard InChI is InChI=1S/C18H24N2O/c1-4-13-19-14-15-7-5-6-8-18(15)20(2)16-9-11-17(21-3)12-10-16/h5-12,19H,4,13-14H2,1-3H3. The fourth-order valence-corrected chi connectivity index (χ4v) is 2.33. The van der Waals surface area contributed by atoms with Crippen molar-refractivity contribution in [3.63, 3.8) is 0 Å². The van der Waals surface area contributed by atoms with E-state index in [0.29, 0.717) is 0 Å². The molecule has 0 bridgehead atoms. The molecular formula is C18H24N2O. The first-order chi connectivity index (χ1) is 10.3. The summed E-state index contributed by atoms with van der Waals surface area (Å²) in [7, 11) is 3.79. The molecule has 0 aromatic heterocycles. The van der Waals surface area contributed by atoms with Crippen LogP contribution in [0.2, 0.25) is 0 Å². The molecule has 0 saturated heterocycles. The summed E-state index contributed by atoms with van der Waals surface area (Å²) < 4.78 is 5.22. The first kappa shape index (κ1) is 15.4. The van der Waals surface area contributed by atoms with Crippen molar-refractivity contribution < 1.29 is 4.74 Å². The molecule has 3 nitrogen and oxygen atoms in total. The van der Waals surface area contributed by atoms with Gasteiger partial charge in [-0.25, -0.2) is 0 Å². The highest BCUT2D eigenvalue weighted by Crippen LogP contribution is 2.28. The van der Waals surface area contributed by atoms with Crippen molar-refractivity contribution in [3.8, 4) is 5.75 Å². The van der Waals surface area contributed by atoms with Crippen LogP contribution in [0, 0.1) is 0 Å². The van der Waals surface area contributed by atoms with Crippen LogP contribution in [0.5, 0.6) is 5.75 Å². The van der Waals surface area contributed by atoms with E-state index in [0.717, 1.165) is 30.9 Å². The smallest absolute Gasteiger partial charge is 0.119 e. The molecule has 3 heteroatoms. The number of rotatable bonds is 7. The van der Waals surface area contributed by atoms with Crippen LogP contribution in [0.1, 0.15) is 18.9 Å². The SMILES string of the molecule is CCCNCc1ccccc1N(C)c1ccc(OC)cc1. The van der Waals surface area contributed by atoms with E-state index < -0.39 is 0 Å². The fraction of sp³-hybridized carbons (Fsp3) is 0.333. The van der Waals surface area contributed by atoms with Crippen molar-refractivity contribution in [2.45, 2.75) is 19.9 Å². The van der Waals surface area contributed by atoms with E-state index in [9.17, 15) is 0 Å². The molecule has 0 amide bonds. The molecule has 0 unspecified atom stereocenters. The molecule has 0 aliphatic rings. The van der Waals surface area contributed by atoms with Gasteiger partial charge in [-0.05, 0) is 48.9 Å². The number of nitrogens with one attached hydrogen (secondary N) is 1. The van der Waals surface area contributed by atoms with E-state index in [1.54, 1.807) is 7.11 Å². The summed E-state index contributed by atoms with van der Waals surface area (Å²) >= 11 is 0. The molecule has 2 aromatic rings. The maximum atomic E-state index is 5.22. The van der Waals surface area contributed by atoms with Gasteiger partial charge in [-0.1, -0.05) is 25.1 Å². The largest absolute Gasteiger partial charge is 0.497 e. The van der Waals surface area contributed by atoms with Crippen LogP contribution >= 0.6 is 0 Å². The summed E-state index contributed by atoms with van der Waals surface area (Å²) in [6.07, 6.45) is 1.15. The lowest BCUT2D eigenvalue weighted by atomic mass is 10.1. The van der Waals surface area contributed by atoms with Crippen LogP contribution in [0.25, 0.3) is 0 Å². The number of anilines is 2. The van der Waals surface area contributed by atoms with E-state index in [-0.39, 0.29) is 0 Å². The molecule has 21 heavy (non-hydrogen) atoms. The van der Waals surface area contributed by atoms with Crippen molar-refractivity contribution in [2.75, 3.05) is 25.6 Å². The van der Waals surface area contributed by atoms with Gasteiger partial charge < -0.3 is 15.0 Å². The van der Waals surface area contributed by atoms with Crippen LogP contribution in [0.3, 0.4) is 0 Å². The highest BCUT2D eigenvalue weighted by molar-refractivity contribution is 5.66. The summed E-state index contributed by atoms with van der Waals surface area (Å²) in [6.45, 7) is 4.12. The molecule has 0 heterocycles. The van der Waals surface area contributed by atoms with Crippen LogP contribution in [0.15, 0.2) is 48.5 Å². The van der Waals surface area contributed by atoms with Crippen molar-refractivity contribution in [2.24, 2.45) is 0 Å². The number of hydrogen-bond donors (Lipinski definition) is 1. The van der Waals surface area contributed by atoms with Gasteiger partial charge in [0.25, 0.3) is 0 Å². The monoisotopic (exact) mass is 284 g/mol. The second kappa shape index (κ2) is 7.70. The Morgan fingerprint density at radius 2 is 1.76 bits per heavy atom. The molecule has 0 spiro atoms. The minimum absolute atomic E-state index is 0.880. The number of ether oxygens (including phenoxy) is 1.